The van der Waals surface area contributed by atoms with E-state index in [2.05, 4.69) is 27.6 Å². The molecule has 1 fully saturated rings. The predicted octanol–water partition coefficient (Wildman–Crippen LogP) is 0.00602. The molecule has 3 rings (SSSR count). The first-order valence-corrected chi connectivity index (χ1v) is 6.53. The summed E-state index contributed by atoms with van der Waals surface area (Å²) in [7, 11) is 0. The second-order valence-electron chi connectivity index (χ2n) is 4.19. The van der Waals surface area contributed by atoms with E-state index in [1.54, 1.807) is 17.7 Å². The summed E-state index contributed by atoms with van der Waals surface area (Å²) >= 11 is 2.20. The Hall–Kier alpha value is -0.670. The second kappa shape index (κ2) is 3.92. The number of aliphatic hydroxyl groups is 1. The Labute approximate surface area is 111 Å². The van der Waals surface area contributed by atoms with Crippen molar-refractivity contribution in [3.05, 3.63) is 22.1 Å². The van der Waals surface area contributed by atoms with Gasteiger partial charge < -0.3 is 14.6 Å². The van der Waals surface area contributed by atoms with Crippen LogP contribution in [0.5, 0.6) is 6.01 Å². The van der Waals surface area contributed by atoms with Crippen LogP contribution in [0.4, 0.5) is 0 Å². The van der Waals surface area contributed by atoms with E-state index in [0.29, 0.717) is 11.6 Å². The van der Waals surface area contributed by atoms with E-state index in [1.165, 1.54) is 0 Å². The van der Waals surface area contributed by atoms with Crippen molar-refractivity contribution in [3.8, 4) is 6.01 Å². The van der Waals surface area contributed by atoms with Gasteiger partial charge in [0, 0.05) is 11.8 Å². The van der Waals surface area contributed by atoms with Crippen molar-refractivity contribution in [1.29, 1.82) is 0 Å². The van der Waals surface area contributed by atoms with E-state index in [4.69, 9.17) is 9.47 Å². The lowest BCUT2D eigenvalue weighted by Gasteiger charge is -2.14. The number of hydrogen-bond donors (Lipinski definition) is 1. The number of aromatic nitrogens is 2. The lowest BCUT2D eigenvalue weighted by Crippen LogP contribution is -2.29. The van der Waals surface area contributed by atoms with Crippen LogP contribution in [0.15, 0.2) is 11.0 Å². The fourth-order valence-electron chi connectivity index (χ4n) is 2.13. The van der Waals surface area contributed by atoms with E-state index in [9.17, 15) is 9.90 Å². The number of rotatable bonds is 1. The Morgan fingerprint density at radius 1 is 1.65 bits per heavy atom. The smallest absolute Gasteiger partial charge is 0.302 e. The molecule has 0 radical (unpaired) electrons. The first-order chi connectivity index (χ1) is 8.11. The molecule has 3 heterocycles. The fraction of sp³-hybridized carbons (Fsp3) is 0.600. The Balaban J connectivity index is 2.02. The van der Waals surface area contributed by atoms with Crippen molar-refractivity contribution in [3.63, 3.8) is 0 Å². The molecule has 0 saturated carbocycles. The number of alkyl halides is 1. The summed E-state index contributed by atoms with van der Waals surface area (Å²) in [5.41, 5.74) is 0.277. The maximum Gasteiger partial charge on any atom is 0.302 e. The lowest BCUT2D eigenvalue weighted by molar-refractivity contribution is -0.0248. The first-order valence-electron chi connectivity index (χ1n) is 5.28. The zero-order valence-corrected chi connectivity index (χ0v) is 11.2. The molecule has 1 aromatic rings. The summed E-state index contributed by atoms with van der Waals surface area (Å²) in [5, 5.41) is 9.18. The highest BCUT2D eigenvalue weighted by Crippen LogP contribution is 2.42. The van der Waals surface area contributed by atoms with Gasteiger partial charge in [0.15, 0.2) is 12.3 Å². The van der Waals surface area contributed by atoms with Crippen molar-refractivity contribution in [2.45, 2.75) is 29.3 Å². The molecular weight excluding hydrogens is 339 g/mol. The average Bonchev–Trinajstić information content (AvgIpc) is 2.78. The molecule has 4 atom stereocenters. The molecule has 0 bridgehead atoms. The van der Waals surface area contributed by atoms with Crippen LogP contribution in [0, 0.1) is 6.92 Å². The summed E-state index contributed by atoms with van der Waals surface area (Å²) in [6.07, 6.45) is 0.967. The number of halogens is 1. The number of ether oxygens (including phenoxy) is 2. The standard InChI is InChI=1S/C10H11IN2O4/c1-4-2-13-9-7(6(11)5(3-14)16-9)17-10(13)12-8(4)15/h2,5-7,9,14H,3H2,1H3/t5-,6-,7+,9-/m1/s1. The van der Waals surface area contributed by atoms with E-state index >= 15 is 0 Å². The molecule has 7 heteroatoms. The Kier molecular flexibility index (Phi) is 2.64. The van der Waals surface area contributed by atoms with Gasteiger partial charge in [0.1, 0.15) is 0 Å². The predicted molar refractivity (Wildman–Crippen MR) is 66.5 cm³/mol. The molecule has 92 valence electrons. The van der Waals surface area contributed by atoms with Gasteiger partial charge >= 0.3 is 6.01 Å². The Bertz CT molecular complexity index is 518. The average molecular weight is 350 g/mol. The van der Waals surface area contributed by atoms with Gasteiger partial charge in [-0.2, -0.15) is 4.98 Å². The third-order valence-corrected chi connectivity index (χ3v) is 4.56. The van der Waals surface area contributed by atoms with Gasteiger partial charge in [0.25, 0.3) is 5.56 Å². The lowest BCUT2D eigenvalue weighted by atomic mass is 10.2. The highest BCUT2D eigenvalue weighted by molar-refractivity contribution is 14.1. The van der Waals surface area contributed by atoms with Crippen LogP contribution in [0.3, 0.4) is 0 Å². The van der Waals surface area contributed by atoms with E-state index in [-0.39, 0.29) is 34.5 Å². The van der Waals surface area contributed by atoms with Gasteiger partial charge in [0.2, 0.25) is 0 Å². The first kappa shape index (κ1) is 11.4. The van der Waals surface area contributed by atoms with Crippen molar-refractivity contribution >= 4 is 22.6 Å². The summed E-state index contributed by atoms with van der Waals surface area (Å²) in [4.78, 5) is 15.3. The number of aliphatic hydroxyl groups excluding tert-OH is 1. The zero-order chi connectivity index (χ0) is 12.2. The molecule has 2 aliphatic rings. The number of nitrogens with zero attached hydrogens (tertiary/aromatic N) is 2. The van der Waals surface area contributed by atoms with Crippen LogP contribution in [-0.2, 0) is 4.74 Å². The third kappa shape index (κ3) is 1.59. The molecule has 0 aliphatic carbocycles. The van der Waals surface area contributed by atoms with Crippen molar-refractivity contribution in [2.75, 3.05) is 6.61 Å². The van der Waals surface area contributed by atoms with E-state index in [1.807, 2.05) is 0 Å². The van der Waals surface area contributed by atoms with Gasteiger partial charge in [-0.25, -0.2) is 0 Å². The van der Waals surface area contributed by atoms with Crippen molar-refractivity contribution in [2.24, 2.45) is 0 Å². The minimum absolute atomic E-state index is 0.0358. The molecule has 1 aromatic heterocycles. The van der Waals surface area contributed by atoms with Crippen LogP contribution >= 0.6 is 22.6 Å². The SMILES string of the molecule is Cc1cn2c(nc1=O)O[C@H]1[C@H](I)[C@@H](CO)O[C@H]12. The largest absolute Gasteiger partial charge is 0.455 e. The summed E-state index contributed by atoms with van der Waals surface area (Å²) in [5.74, 6) is 0. The third-order valence-electron chi connectivity index (χ3n) is 3.05. The van der Waals surface area contributed by atoms with Crippen LogP contribution < -0.4 is 10.3 Å². The molecule has 17 heavy (non-hydrogen) atoms. The van der Waals surface area contributed by atoms with Crippen molar-refractivity contribution in [1.82, 2.24) is 9.55 Å². The molecule has 1 saturated heterocycles. The normalized spacial score (nSPS) is 34.3. The van der Waals surface area contributed by atoms with Crippen LogP contribution in [0.1, 0.15) is 11.8 Å². The van der Waals surface area contributed by atoms with Crippen LogP contribution in [0.25, 0.3) is 0 Å². The Morgan fingerprint density at radius 2 is 2.41 bits per heavy atom. The Morgan fingerprint density at radius 3 is 3.12 bits per heavy atom. The maximum absolute atomic E-state index is 11.4. The monoisotopic (exact) mass is 350 g/mol. The number of fused-ring (bicyclic) bond motifs is 3. The van der Waals surface area contributed by atoms with Crippen LogP contribution in [0.2, 0.25) is 0 Å². The second-order valence-corrected chi connectivity index (χ2v) is 5.63. The minimum Gasteiger partial charge on any atom is -0.455 e. The topological polar surface area (TPSA) is 73.6 Å². The van der Waals surface area contributed by atoms with Gasteiger partial charge in [-0.05, 0) is 6.92 Å². The quantitative estimate of drug-likeness (QED) is 0.571. The molecule has 2 aliphatic heterocycles. The van der Waals surface area contributed by atoms with E-state index < -0.39 is 0 Å². The van der Waals surface area contributed by atoms with Gasteiger partial charge in [-0.15, -0.1) is 0 Å². The molecule has 0 unspecified atom stereocenters. The summed E-state index contributed by atoms with van der Waals surface area (Å²) in [6.45, 7) is 1.67. The molecule has 0 spiro atoms. The highest BCUT2D eigenvalue weighted by Gasteiger charge is 2.50. The zero-order valence-electron chi connectivity index (χ0n) is 9.04. The van der Waals surface area contributed by atoms with Crippen molar-refractivity contribution < 1.29 is 14.6 Å². The molecular formula is C10H11IN2O4. The maximum atomic E-state index is 11.4. The highest BCUT2D eigenvalue weighted by atomic mass is 127. The van der Waals surface area contributed by atoms with Crippen LogP contribution in [-0.4, -0.2) is 37.4 Å². The number of hydrogen-bond acceptors (Lipinski definition) is 5. The molecule has 0 amide bonds. The number of aryl methyl sites for hydroxylation is 1. The summed E-state index contributed by atoms with van der Waals surface area (Å²) in [6, 6.07) is 0.300. The van der Waals surface area contributed by atoms with Gasteiger partial charge in [-0.1, -0.05) is 22.6 Å². The van der Waals surface area contributed by atoms with Gasteiger partial charge in [-0.3, -0.25) is 9.36 Å². The van der Waals surface area contributed by atoms with Gasteiger partial charge in [0.05, 0.1) is 16.6 Å². The summed E-state index contributed by atoms with van der Waals surface area (Å²) < 4.78 is 13.1. The minimum atomic E-state index is -0.296. The molecule has 1 N–H and O–H groups in total. The van der Waals surface area contributed by atoms with E-state index in [0.717, 1.165) is 0 Å². The molecule has 0 aromatic carbocycles. The fourth-order valence-corrected chi connectivity index (χ4v) is 3.03. The molecule has 6 nitrogen and oxygen atoms in total.